The number of ether oxygens (including phenoxy) is 1. The monoisotopic (exact) mass is 954 g/mol. The van der Waals surface area contributed by atoms with Crippen molar-refractivity contribution in [1.82, 2.24) is 14.9 Å². The van der Waals surface area contributed by atoms with Crippen molar-refractivity contribution in [2.75, 3.05) is 20.7 Å². The molecule has 0 aromatic heterocycles. The van der Waals surface area contributed by atoms with E-state index in [1.165, 1.54) is 57.8 Å². The second-order valence-corrected chi connectivity index (χ2v) is 27.5. The third kappa shape index (κ3) is 14.7. The molecular formula is C59H107N3O6. The number of rotatable bonds is 17. The minimum atomic E-state index is -1.19. The minimum Gasteiger partial charge on any atom is -0.507 e. The summed E-state index contributed by atoms with van der Waals surface area (Å²) >= 11 is 0. The van der Waals surface area contributed by atoms with Crippen LogP contribution < -0.4 is 0 Å². The van der Waals surface area contributed by atoms with Crippen LogP contribution >= 0.6 is 0 Å². The number of hydrogen-bond acceptors (Lipinski definition) is 8. The fourth-order valence-electron chi connectivity index (χ4n) is 13.0. The van der Waals surface area contributed by atoms with Crippen molar-refractivity contribution in [2.24, 2.45) is 0 Å². The first kappa shape index (κ1) is 60.1. The molecule has 0 amide bonds. The van der Waals surface area contributed by atoms with E-state index in [1.54, 1.807) is 0 Å². The molecule has 1 atom stereocenters. The van der Waals surface area contributed by atoms with Crippen LogP contribution in [0.5, 0.6) is 5.75 Å². The summed E-state index contributed by atoms with van der Waals surface area (Å²) < 4.78 is 6.42. The fraction of sp³-hybridized carbons (Fsp3) is 0.864. The van der Waals surface area contributed by atoms with Crippen LogP contribution in [-0.2, 0) is 30.0 Å². The van der Waals surface area contributed by atoms with E-state index in [1.807, 2.05) is 0 Å². The number of aliphatic carboxylic acids is 1. The molecule has 9 nitrogen and oxygen atoms in total. The summed E-state index contributed by atoms with van der Waals surface area (Å²) in [5.41, 5.74) is 4.19. The van der Waals surface area contributed by atoms with Crippen molar-refractivity contribution >= 4 is 11.9 Å². The van der Waals surface area contributed by atoms with Gasteiger partial charge >= 0.3 is 11.9 Å². The third-order valence-corrected chi connectivity index (χ3v) is 16.6. The molecule has 0 radical (unpaired) electrons. The number of phenols is 1. The highest BCUT2D eigenvalue weighted by molar-refractivity contribution is 5.90. The largest absolute Gasteiger partial charge is 0.507 e. The van der Waals surface area contributed by atoms with E-state index >= 15 is 0 Å². The van der Waals surface area contributed by atoms with Gasteiger partial charge in [-0.1, -0.05) is 93.9 Å². The van der Waals surface area contributed by atoms with Crippen LogP contribution in [0, 0.1) is 0 Å². The van der Waals surface area contributed by atoms with Crippen molar-refractivity contribution in [3.05, 3.63) is 27.8 Å². The van der Waals surface area contributed by atoms with E-state index in [-0.39, 0.29) is 45.1 Å². The predicted octanol–water partition coefficient (Wildman–Crippen LogP) is 15.3. The summed E-state index contributed by atoms with van der Waals surface area (Å²) in [6.07, 6.45) is 16.3. The number of carboxylic acid groups (broad SMARTS) is 1. The fourth-order valence-corrected chi connectivity index (χ4v) is 13.0. The molecule has 2 N–H and O–H groups in total. The summed E-state index contributed by atoms with van der Waals surface area (Å²) in [7, 11) is 4.43. The summed E-state index contributed by atoms with van der Waals surface area (Å²) in [6.45, 7) is 46.2. The third-order valence-electron chi connectivity index (χ3n) is 16.6. The molecule has 0 saturated carbocycles. The molecule has 3 aliphatic heterocycles. The van der Waals surface area contributed by atoms with E-state index < -0.39 is 35.3 Å². The Kier molecular flexibility index (Phi) is 20.1. The Bertz CT molecular complexity index is 1690. The molecule has 1 aromatic carbocycles. The first-order valence-corrected chi connectivity index (χ1v) is 27.2. The number of nitrogens with zero attached hydrogens (tertiary/aromatic N) is 3. The van der Waals surface area contributed by atoms with Gasteiger partial charge in [-0.3, -0.25) is 24.2 Å². The second-order valence-electron chi connectivity index (χ2n) is 27.5. The summed E-state index contributed by atoms with van der Waals surface area (Å²) in [5, 5.41) is 24.8. The van der Waals surface area contributed by atoms with Crippen molar-refractivity contribution in [2.45, 2.75) is 310 Å². The van der Waals surface area contributed by atoms with Crippen LogP contribution in [0.15, 0.2) is 0 Å². The Balaban J connectivity index is 0.000000538. The number of esters is 1. The highest BCUT2D eigenvalue weighted by atomic mass is 16.7. The quantitative estimate of drug-likeness (QED) is 0.0898. The van der Waals surface area contributed by atoms with Crippen LogP contribution in [0.3, 0.4) is 0 Å². The van der Waals surface area contributed by atoms with Crippen molar-refractivity contribution in [3.8, 4) is 5.75 Å². The Morgan fingerprint density at radius 3 is 1.37 bits per heavy atom. The Labute approximate surface area is 418 Å². The summed E-state index contributed by atoms with van der Waals surface area (Å²) in [6, 6.07) is 0. The van der Waals surface area contributed by atoms with Gasteiger partial charge in [-0.25, -0.2) is 0 Å². The lowest BCUT2D eigenvalue weighted by atomic mass is 9.61. The molecule has 0 spiro atoms. The number of piperidine rings is 3. The van der Waals surface area contributed by atoms with E-state index in [0.29, 0.717) is 12.2 Å². The highest BCUT2D eigenvalue weighted by Gasteiger charge is 2.51. The topological polar surface area (TPSA) is 103 Å². The van der Waals surface area contributed by atoms with Crippen LogP contribution in [0.1, 0.15) is 293 Å². The minimum absolute atomic E-state index is 0.0821. The maximum atomic E-state index is 13.4. The van der Waals surface area contributed by atoms with Crippen LogP contribution in [0.4, 0.5) is 0 Å². The number of phenolic OH excluding ortho intramolecular Hbond substituents is 1. The summed E-state index contributed by atoms with van der Waals surface area (Å²) in [4.78, 5) is 36.4. The summed E-state index contributed by atoms with van der Waals surface area (Å²) in [5.74, 6) is -1.35. The Hall–Kier alpha value is -2.20. The van der Waals surface area contributed by atoms with Crippen molar-refractivity contribution in [1.29, 1.82) is 0 Å². The lowest BCUT2D eigenvalue weighted by Crippen LogP contribution is -2.58. The maximum Gasteiger partial charge on any atom is 0.317 e. The molecule has 3 saturated heterocycles. The van der Waals surface area contributed by atoms with Crippen LogP contribution in [-0.4, -0.2) is 91.0 Å². The molecule has 394 valence electrons. The molecular weight excluding hydrogens is 847 g/mol. The number of hydroxylamine groups is 2. The molecule has 4 rings (SSSR count). The normalized spacial score (nSPS) is 22.6. The first-order chi connectivity index (χ1) is 30.9. The van der Waals surface area contributed by atoms with Crippen molar-refractivity contribution in [3.63, 3.8) is 0 Å². The van der Waals surface area contributed by atoms with Gasteiger partial charge in [0, 0.05) is 49.9 Å². The Morgan fingerprint density at radius 2 is 1.00 bits per heavy atom. The lowest BCUT2D eigenvalue weighted by molar-refractivity contribution is -0.281. The van der Waals surface area contributed by atoms with Crippen LogP contribution in [0.25, 0.3) is 0 Å². The number of benzene rings is 1. The van der Waals surface area contributed by atoms with Gasteiger partial charge in [0.1, 0.15) is 18.3 Å². The second kappa shape index (κ2) is 22.7. The maximum absolute atomic E-state index is 13.4. The van der Waals surface area contributed by atoms with Gasteiger partial charge in [0.25, 0.3) is 0 Å². The number of carbonyl (C=O) groups is 2. The predicted molar refractivity (Wildman–Crippen MR) is 285 cm³/mol. The average molecular weight is 955 g/mol. The van der Waals surface area contributed by atoms with E-state index in [9.17, 15) is 19.8 Å². The van der Waals surface area contributed by atoms with Gasteiger partial charge in [0.05, 0.1) is 6.61 Å². The number of aromatic hydroxyl groups is 1. The zero-order chi connectivity index (χ0) is 52.2. The number of carboxylic acids is 1. The lowest BCUT2D eigenvalue weighted by Gasteiger charge is -2.56. The van der Waals surface area contributed by atoms with E-state index in [2.05, 4.69) is 167 Å². The molecule has 1 unspecified atom stereocenters. The van der Waals surface area contributed by atoms with E-state index in [4.69, 9.17) is 9.57 Å². The van der Waals surface area contributed by atoms with Gasteiger partial charge in [-0.15, -0.1) is 0 Å². The smallest absolute Gasteiger partial charge is 0.317 e. The standard InChI is InChI=1S/C42H72N2O5.C17H35NO/c1-18-19-20-28(49-30(47)21-29(45)46)33-31(26-22-39(8,9)43(16)40(10,11)23-26)34(37(2,3)4)36(48)35(38(5,6)7)32(33)27-24-41(12,13)44(17)42(14,15)25-27;1-6-7-8-9-10-11-15-19-18-16(2,3)13-12-14-17(18,4)5/h26-28,48H,18-25H2,1-17H3,(H,45,46);6-15H2,1-5H3. The molecule has 68 heavy (non-hydrogen) atoms. The highest BCUT2D eigenvalue weighted by Crippen LogP contribution is 2.58. The van der Waals surface area contributed by atoms with Gasteiger partial charge in [0.15, 0.2) is 0 Å². The first-order valence-electron chi connectivity index (χ1n) is 27.2. The number of hydrogen-bond donors (Lipinski definition) is 2. The van der Waals surface area contributed by atoms with Gasteiger partial charge < -0.3 is 14.9 Å². The van der Waals surface area contributed by atoms with Gasteiger partial charge in [-0.2, -0.15) is 5.06 Å². The van der Waals surface area contributed by atoms with E-state index in [0.717, 1.165) is 72.9 Å². The zero-order valence-electron chi connectivity index (χ0n) is 48.3. The Morgan fingerprint density at radius 1 is 0.618 bits per heavy atom. The molecule has 0 aliphatic carbocycles. The number of unbranched alkanes of at least 4 members (excludes halogenated alkanes) is 6. The molecule has 1 aromatic rings. The molecule has 0 bridgehead atoms. The van der Waals surface area contributed by atoms with Crippen LogP contribution in [0.2, 0.25) is 0 Å². The average Bonchev–Trinajstić information content (AvgIpc) is 3.15. The van der Waals surface area contributed by atoms with Gasteiger partial charge in [0.2, 0.25) is 0 Å². The zero-order valence-corrected chi connectivity index (χ0v) is 48.3. The SMILES string of the molecule is CCCCC(OC(=O)CC(=O)O)c1c(C2CC(C)(C)N(C)C(C)(C)C2)c(C(C)(C)C)c(O)c(C(C)(C)C)c1C1CC(C)(C)N(C)C(C)(C)C1.CCCCCCCCON1C(C)(C)CCCC1(C)C. The van der Waals surface area contributed by atoms with Gasteiger partial charge in [-0.05, 0) is 195 Å². The number of carbonyl (C=O) groups excluding carboxylic acids is 1. The molecule has 9 heteroatoms. The number of likely N-dealkylation sites (tertiary alicyclic amines) is 2. The molecule has 3 aliphatic rings. The molecule has 3 fully saturated rings. The van der Waals surface area contributed by atoms with Crippen molar-refractivity contribution < 1.29 is 29.4 Å². The molecule has 3 heterocycles.